The Balaban J connectivity index is 2.71. The lowest BCUT2D eigenvalue weighted by atomic mass is 9.94. The van der Waals surface area contributed by atoms with Crippen molar-refractivity contribution in [2.45, 2.75) is 118 Å². The summed E-state index contributed by atoms with van der Waals surface area (Å²) in [5.74, 6) is -0.128. The first kappa shape index (κ1) is 34.4. The number of cyclic esters (lactones) is 1. The van der Waals surface area contributed by atoms with Crippen LogP contribution in [0.1, 0.15) is 99.8 Å². The zero-order valence-corrected chi connectivity index (χ0v) is 25.3. The predicted molar refractivity (Wildman–Crippen MR) is 161 cm³/mol. The van der Waals surface area contributed by atoms with Crippen molar-refractivity contribution < 1.29 is 24.2 Å². The van der Waals surface area contributed by atoms with Crippen LogP contribution in [-0.2, 0) is 19.1 Å². The molecule has 0 spiro atoms. The summed E-state index contributed by atoms with van der Waals surface area (Å²) < 4.78 is 11.5. The molecule has 5 heteroatoms. The lowest BCUT2D eigenvalue weighted by Crippen LogP contribution is -2.26. The second kappa shape index (κ2) is 19.4. The van der Waals surface area contributed by atoms with Gasteiger partial charge in [-0.15, -0.1) is 0 Å². The van der Waals surface area contributed by atoms with Gasteiger partial charge in [0.1, 0.15) is 12.2 Å². The summed E-state index contributed by atoms with van der Waals surface area (Å²) in [6.45, 7) is 14.3. The van der Waals surface area contributed by atoms with Gasteiger partial charge in [-0.2, -0.15) is 0 Å². The number of rotatable bonds is 11. The molecule has 0 radical (unpaired) electrons. The highest BCUT2D eigenvalue weighted by Crippen LogP contribution is 2.22. The molecule has 1 N–H and O–H groups in total. The Labute approximate surface area is 237 Å². The molecule has 218 valence electrons. The molecule has 0 fully saturated rings. The maximum Gasteiger partial charge on any atom is 0.331 e. The van der Waals surface area contributed by atoms with Gasteiger partial charge in [0.25, 0.3) is 0 Å². The van der Waals surface area contributed by atoms with E-state index < -0.39 is 6.10 Å². The lowest BCUT2D eigenvalue weighted by molar-refractivity contribution is -0.151. The van der Waals surface area contributed by atoms with Gasteiger partial charge in [0.05, 0.1) is 6.10 Å². The van der Waals surface area contributed by atoms with E-state index in [9.17, 15) is 14.7 Å². The summed E-state index contributed by atoms with van der Waals surface area (Å²) in [7, 11) is 0. The second-order valence-corrected chi connectivity index (χ2v) is 11.2. The van der Waals surface area contributed by atoms with Crippen LogP contribution in [-0.4, -0.2) is 35.4 Å². The van der Waals surface area contributed by atoms with E-state index in [0.717, 1.165) is 42.4 Å². The van der Waals surface area contributed by atoms with Gasteiger partial charge in [-0.3, -0.25) is 4.79 Å². The Bertz CT molecular complexity index is 931. The number of unbranched alkanes of at least 4 members (excludes halogenated alkanes) is 1. The lowest BCUT2D eigenvalue weighted by Gasteiger charge is -2.24. The van der Waals surface area contributed by atoms with E-state index in [2.05, 4.69) is 39.8 Å². The van der Waals surface area contributed by atoms with Gasteiger partial charge in [-0.25, -0.2) is 4.79 Å². The molecule has 0 aromatic carbocycles. The molecular formula is C34H52O5. The first-order valence-corrected chi connectivity index (χ1v) is 14.6. The minimum atomic E-state index is -0.398. The van der Waals surface area contributed by atoms with Crippen LogP contribution in [0.5, 0.6) is 0 Å². The van der Waals surface area contributed by atoms with Gasteiger partial charge in [0.15, 0.2) is 0 Å². The minimum Gasteiger partial charge on any atom is -0.462 e. The first-order valence-electron chi connectivity index (χ1n) is 14.6. The van der Waals surface area contributed by atoms with Crippen LogP contribution >= 0.6 is 0 Å². The van der Waals surface area contributed by atoms with E-state index in [4.69, 9.17) is 9.47 Å². The van der Waals surface area contributed by atoms with Gasteiger partial charge in [-0.1, -0.05) is 106 Å². The van der Waals surface area contributed by atoms with E-state index in [1.54, 1.807) is 6.08 Å². The van der Waals surface area contributed by atoms with E-state index in [-0.39, 0.29) is 36.0 Å². The standard InChI is InChI=1S/C34H52O5/c1-8-9-17-30(35)24-27(5)15-12-14-26(4)23-28(6)21-22-34(37)39-32-19-13-20-33(36)38-31(25(2)3)18-11-10-16-29(32)7/h10-12,14-15,21-25,29-32,35H,8-9,13,16-20H2,1-7H3/b11-10+,15-12+,22-21+,26-14?,27-24+,28-23?/t29-,30+,31+,32-/m0/s1. The van der Waals surface area contributed by atoms with Crippen LogP contribution in [0.25, 0.3) is 0 Å². The number of carbonyl (C=O) groups excluding carboxylic acids is 2. The second-order valence-electron chi connectivity index (χ2n) is 11.2. The van der Waals surface area contributed by atoms with Crippen LogP contribution in [0, 0.1) is 11.8 Å². The molecule has 0 aromatic rings. The first-order chi connectivity index (χ1) is 18.5. The van der Waals surface area contributed by atoms with E-state index in [0.29, 0.717) is 25.7 Å². The number of ether oxygens (including phenoxy) is 2. The molecule has 4 atom stereocenters. The number of allylic oxidation sites excluding steroid dienone is 9. The van der Waals surface area contributed by atoms with Crippen LogP contribution < -0.4 is 0 Å². The monoisotopic (exact) mass is 540 g/mol. The average molecular weight is 541 g/mol. The molecule has 0 unspecified atom stereocenters. The molecule has 0 amide bonds. The van der Waals surface area contributed by atoms with Crippen LogP contribution in [0.15, 0.2) is 71.4 Å². The zero-order chi connectivity index (χ0) is 29.2. The number of aliphatic hydroxyl groups excluding tert-OH is 1. The van der Waals surface area contributed by atoms with Crippen molar-refractivity contribution in [2.24, 2.45) is 11.8 Å². The SMILES string of the molecule is CCCC[C@@H](O)/C=C(C)/C=C/C=C(C)C=C(C)/C=C/C(=O)O[C@H]1CCCC(=O)O[C@@H](C(C)C)C/C=C/C[C@@H]1C. The highest BCUT2D eigenvalue weighted by Gasteiger charge is 2.23. The molecule has 1 aliphatic heterocycles. The number of aliphatic hydroxyl groups is 1. The summed E-state index contributed by atoms with van der Waals surface area (Å²) in [6, 6.07) is 0. The Morgan fingerprint density at radius 1 is 1.10 bits per heavy atom. The molecule has 0 aromatic heterocycles. The maximum atomic E-state index is 12.6. The van der Waals surface area contributed by atoms with Gasteiger partial charge < -0.3 is 14.6 Å². The number of esters is 2. The third-order valence-electron chi connectivity index (χ3n) is 6.81. The quantitative estimate of drug-likeness (QED) is 0.124. The topological polar surface area (TPSA) is 72.8 Å². The minimum absolute atomic E-state index is 0.0941. The summed E-state index contributed by atoms with van der Waals surface area (Å²) in [5, 5.41) is 10.0. The molecule has 1 aliphatic rings. The fraction of sp³-hybridized carbons (Fsp3) is 0.588. The van der Waals surface area contributed by atoms with Gasteiger partial charge >= 0.3 is 11.9 Å². The van der Waals surface area contributed by atoms with Crippen molar-refractivity contribution in [3.05, 3.63) is 71.4 Å². The highest BCUT2D eigenvalue weighted by molar-refractivity contribution is 5.82. The summed E-state index contributed by atoms with van der Waals surface area (Å²) in [5.41, 5.74) is 3.01. The molecule has 0 saturated heterocycles. The Morgan fingerprint density at radius 3 is 2.51 bits per heavy atom. The largest absolute Gasteiger partial charge is 0.462 e. The van der Waals surface area contributed by atoms with Crippen LogP contribution in [0.3, 0.4) is 0 Å². The van der Waals surface area contributed by atoms with Crippen LogP contribution in [0.4, 0.5) is 0 Å². The highest BCUT2D eigenvalue weighted by atomic mass is 16.5. The summed E-state index contributed by atoms with van der Waals surface area (Å²) >= 11 is 0. The average Bonchev–Trinajstić information content (AvgIpc) is 2.86. The molecule has 1 heterocycles. The molecular weight excluding hydrogens is 488 g/mol. The van der Waals surface area contributed by atoms with Crippen molar-refractivity contribution in [1.29, 1.82) is 0 Å². The van der Waals surface area contributed by atoms with Crippen molar-refractivity contribution in [1.82, 2.24) is 0 Å². The Kier molecular flexibility index (Phi) is 17.1. The number of carbonyl (C=O) groups is 2. The number of hydrogen-bond donors (Lipinski definition) is 1. The summed E-state index contributed by atoms with van der Waals surface area (Å²) in [4.78, 5) is 24.9. The summed E-state index contributed by atoms with van der Waals surface area (Å²) in [6.07, 6.45) is 22.5. The van der Waals surface area contributed by atoms with E-state index in [1.807, 2.05) is 51.2 Å². The van der Waals surface area contributed by atoms with Gasteiger partial charge in [-0.05, 0) is 58.3 Å². The molecule has 5 nitrogen and oxygen atoms in total. The Morgan fingerprint density at radius 2 is 1.82 bits per heavy atom. The van der Waals surface area contributed by atoms with Crippen molar-refractivity contribution >= 4 is 11.9 Å². The van der Waals surface area contributed by atoms with Crippen molar-refractivity contribution in [3.63, 3.8) is 0 Å². The third kappa shape index (κ3) is 16.1. The smallest absolute Gasteiger partial charge is 0.331 e. The van der Waals surface area contributed by atoms with Gasteiger partial charge in [0.2, 0.25) is 0 Å². The van der Waals surface area contributed by atoms with E-state index >= 15 is 0 Å². The third-order valence-corrected chi connectivity index (χ3v) is 6.81. The van der Waals surface area contributed by atoms with Crippen molar-refractivity contribution in [3.8, 4) is 0 Å². The molecule has 0 saturated carbocycles. The fourth-order valence-corrected chi connectivity index (χ4v) is 4.33. The predicted octanol–water partition coefficient (Wildman–Crippen LogP) is 8.12. The van der Waals surface area contributed by atoms with Crippen LogP contribution in [0.2, 0.25) is 0 Å². The molecule has 0 aliphatic carbocycles. The molecule has 0 bridgehead atoms. The molecule has 39 heavy (non-hydrogen) atoms. The van der Waals surface area contributed by atoms with Gasteiger partial charge in [0, 0.05) is 18.9 Å². The molecule has 1 rings (SSSR count). The Hall–Kier alpha value is -2.66. The van der Waals surface area contributed by atoms with Crippen molar-refractivity contribution in [2.75, 3.05) is 0 Å². The number of hydrogen-bond acceptors (Lipinski definition) is 5. The maximum absolute atomic E-state index is 12.6. The normalized spacial score (nSPS) is 24.4. The van der Waals surface area contributed by atoms with E-state index in [1.165, 1.54) is 6.08 Å². The fourth-order valence-electron chi connectivity index (χ4n) is 4.33. The zero-order valence-electron chi connectivity index (χ0n) is 25.3.